The zero-order valence-electron chi connectivity index (χ0n) is 19.0. The Labute approximate surface area is 213 Å². The number of rotatable bonds is 10. The molecular weight excluding hydrogens is 531 g/mol. The number of aliphatic imine (C=N–C) groups is 1. The fourth-order valence-electron chi connectivity index (χ4n) is 3.39. The first-order valence-electron chi connectivity index (χ1n) is 11.0. The van der Waals surface area contributed by atoms with Crippen molar-refractivity contribution in [1.29, 1.82) is 0 Å². The minimum absolute atomic E-state index is 0. The molecule has 33 heavy (non-hydrogen) atoms. The molecule has 0 spiro atoms. The zero-order chi connectivity index (χ0) is 22.6. The van der Waals surface area contributed by atoms with E-state index >= 15 is 0 Å². The number of amides is 1. The second kappa shape index (κ2) is 14.5. The van der Waals surface area contributed by atoms with Crippen LogP contribution in [-0.2, 0) is 22.6 Å². The molecule has 2 aromatic rings. The third-order valence-electron chi connectivity index (χ3n) is 4.96. The maximum Gasteiger partial charge on any atom is 0.253 e. The van der Waals surface area contributed by atoms with Crippen molar-refractivity contribution in [2.75, 3.05) is 25.1 Å². The third-order valence-corrected chi connectivity index (χ3v) is 4.96. The molecule has 0 radical (unpaired) electrons. The van der Waals surface area contributed by atoms with Gasteiger partial charge in [0.15, 0.2) is 5.96 Å². The lowest BCUT2D eigenvalue weighted by Crippen LogP contribution is -2.36. The standard InChI is InChI=1S/C25H32N4O3.HI/c1-3-14-31-22-12-6-5-10-20(22)18-28-25(26-4-2)27-17-19-9-7-11-21(16-19)29-24(30)23-13-8-15-32-23;/h3,5-7,9-12,16,23H,1,4,8,13-15,17-18H2,2H3,(H,29,30)(H2,26,27,28);1H. The van der Waals surface area contributed by atoms with Crippen LogP contribution in [0.4, 0.5) is 5.69 Å². The number of anilines is 1. The summed E-state index contributed by atoms with van der Waals surface area (Å²) in [6.07, 6.45) is 3.08. The molecule has 7 nitrogen and oxygen atoms in total. The summed E-state index contributed by atoms with van der Waals surface area (Å²) < 4.78 is 11.2. The molecule has 1 fully saturated rings. The molecule has 1 atom stereocenters. The van der Waals surface area contributed by atoms with Gasteiger partial charge in [0.25, 0.3) is 5.91 Å². The van der Waals surface area contributed by atoms with Crippen molar-refractivity contribution >= 4 is 41.5 Å². The van der Waals surface area contributed by atoms with E-state index in [1.165, 1.54) is 0 Å². The summed E-state index contributed by atoms with van der Waals surface area (Å²) in [7, 11) is 0. The van der Waals surface area contributed by atoms with E-state index in [4.69, 9.17) is 9.47 Å². The molecule has 0 saturated carbocycles. The molecule has 178 valence electrons. The van der Waals surface area contributed by atoms with Gasteiger partial charge in [0.2, 0.25) is 0 Å². The van der Waals surface area contributed by atoms with Gasteiger partial charge in [0.05, 0.1) is 6.54 Å². The van der Waals surface area contributed by atoms with E-state index in [9.17, 15) is 4.79 Å². The smallest absolute Gasteiger partial charge is 0.253 e. The predicted molar refractivity (Wildman–Crippen MR) is 143 cm³/mol. The fraction of sp³-hybridized carbons (Fsp3) is 0.360. The van der Waals surface area contributed by atoms with Gasteiger partial charge in [-0.15, -0.1) is 24.0 Å². The van der Waals surface area contributed by atoms with Crippen molar-refractivity contribution in [3.8, 4) is 5.75 Å². The number of nitrogens with zero attached hydrogens (tertiary/aromatic N) is 1. The summed E-state index contributed by atoms with van der Waals surface area (Å²) in [5, 5.41) is 9.56. The highest BCUT2D eigenvalue weighted by Crippen LogP contribution is 2.18. The molecule has 1 amide bonds. The first-order chi connectivity index (χ1) is 15.7. The Kier molecular flexibility index (Phi) is 11.7. The van der Waals surface area contributed by atoms with Crippen LogP contribution in [0.5, 0.6) is 5.75 Å². The summed E-state index contributed by atoms with van der Waals surface area (Å²) in [6.45, 7) is 8.65. The van der Waals surface area contributed by atoms with Crippen LogP contribution in [-0.4, -0.2) is 37.7 Å². The van der Waals surface area contributed by atoms with E-state index in [1.807, 2.05) is 55.5 Å². The quantitative estimate of drug-likeness (QED) is 0.174. The van der Waals surface area contributed by atoms with Gasteiger partial charge in [0, 0.05) is 30.9 Å². The largest absolute Gasteiger partial charge is 0.489 e. The van der Waals surface area contributed by atoms with Crippen molar-refractivity contribution in [2.45, 2.75) is 39.0 Å². The molecule has 3 rings (SSSR count). The highest BCUT2D eigenvalue weighted by Gasteiger charge is 2.23. The average molecular weight is 564 g/mol. The Bertz CT molecular complexity index is 929. The summed E-state index contributed by atoms with van der Waals surface area (Å²) in [5.74, 6) is 1.45. The molecule has 1 saturated heterocycles. The zero-order valence-corrected chi connectivity index (χ0v) is 21.3. The maximum atomic E-state index is 12.3. The summed E-state index contributed by atoms with van der Waals surface area (Å²) in [4.78, 5) is 17.0. The van der Waals surface area contributed by atoms with Gasteiger partial charge in [0.1, 0.15) is 18.5 Å². The lowest BCUT2D eigenvalue weighted by Gasteiger charge is -2.14. The van der Waals surface area contributed by atoms with E-state index in [0.717, 1.165) is 42.0 Å². The van der Waals surface area contributed by atoms with Gasteiger partial charge in [-0.1, -0.05) is 43.0 Å². The molecule has 1 unspecified atom stereocenters. The molecule has 2 aromatic carbocycles. The number of nitrogens with one attached hydrogen (secondary N) is 3. The average Bonchev–Trinajstić information content (AvgIpc) is 3.35. The molecule has 0 bridgehead atoms. The number of guanidine groups is 1. The molecular formula is C25H33IN4O3. The van der Waals surface area contributed by atoms with Crippen LogP contribution in [0.15, 0.2) is 66.2 Å². The van der Waals surface area contributed by atoms with E-state index in [0.29, 0.717) is 32.3 Å². The topological polar surface area (TPSA) is 84.0 Å². The second-order valence-corrected chi connectivity index (χ2v) is 7.45. The molecule has 1 aliphatic rings. The SMILES string of the molecule is C=CCOc1ccccc1CNC(=NCc1cccc(NC(=O)C2CCCO2)c1)NCC.I. The van der Waals surface area contributed by atoms with Crippen molar-refractivity contribution in [1.82, 2.24) is 10.6 Å². The number of para-hydroxylation sites is 1. The molecule has 0 aromatic heterocycles. The number of hydrogen-bond donors (Lipinski definition) is 3. The molecule has 1 heterocycles. The van der Waals surface area contributed by atoms with Crippen LogP contribution < -0.4 is 20.7 Å². The first kappa shape index (κ1) is 26.7. The molecule has 1 aliphatic heterocycles. The van der Waals surface area contributed by atoms with Crippen LogP contribution in [0.25, 0.3) is 0 Å². The predicted octanol–water partition coefficient (Wildman–Crippen LogP) is 4.24. The van der Waals surface area contributed by atoms with E-state index < -0.39 is 0 Å². The van der Waals surface area contributed by atoms with Crippen molar-refractivity contribution in [3.63, 3.8) is 0 Å². The highest BCUT2D eigenvalue weighted by molar-refractivity contribution is 14.0. The van der Waals surface area contributed by atoms with Crippen LogP contribution in [0, 0.1) is 0 Å². The normalized spacial score (nSPS) is 15.3. The summed E-state index contributed by atoms with van der Waals surface area (Å²) in [5.41, 5.74) is 2.80. The summed E-state index contributed by atoms with van der Waals surface area (Å²) in [6, 6.07) is 15.6. The maximum absolute atomic E-state index is 12.3. The molecule has 3 N–H and O–H groups in total. The monoisotopic (exact) mass is 564 g/mol. The summed E-state index contributed by atoms with van der Waals surface area (Å²) >= 11 is 0. The van der Waals surface area contributed by atoms with Gasteiger partial charge in [-0.2, -0.15) is 0 Å². The van der Waals surface area contributed by atoms with Crippen LogP contribution in [0.2, 0.25) is 0 Å². The van der Waals surface area contributed by atoms with E-state index in [1.54, 1.807) is 6.08 Å². The number of hydrogen-bond acceptors (Lipinski definition) is 4. The number of carbonyl (C=O) groups excluding carboxylic acids is 1. The van der Waals surface area contributed by atoms with Gasteiger partial charge >= 0.3 is 0 Å². The van der Waals surface area contributed by atoms with Crippen LogP contribution >= 0.6 is 24.0 Å². The fourth-order valence-corrected chi connectivity index (χ4v) is 3.39. The highest BCUT2D eigenvalue weighted by atomic mass is 127. The van der Waals surface area contributed by atoms with Crippen LogP contribution in [0.3, 0.4) is 0 Å². The molecule has 0 aliphatic carbocycles. The molecule has 8 heteroatoms. The van der Waals surface area contributed by atoms with Gasteiger partial charge in [-0.25, -0.2) is 4.99 Å². The van der Waals surface area contributed by atoms with Crippen molar-refractivity contribution in [2.24, 2.45) is 4.99 Å². The lowest BCUT2D eigenvalue weighted by molar-refractivity contribution is -0.124. The Morgan fingerprint density at radius 2 is 2.09 bits per heavy atom. The Morgan fingerprint density at radius 1 is 1.24 bits per heavy atom. The van der Waals surface area contributed by atoms with Crippen molar-refractivity contribution < 1.29 is 14.3 Å². The van der Waals surface area contributed by atoms with E-state index in [-0.39, 0.29) is 36.0 Å². The number of ether oxygens (including phenoxy) is 2. The Morgan fingerprint density at radius 3 is 2.85 bits per heavy atom. The lowest BCUT2D eigenvalue weighted by atomic mass is 10.2. The van der Waals surface area contributed by atoms with Crippen LogP contribution in [0.1, 0.15) is 30.9 Å². The number of carbonyl (C=O) groups is 1. The Balaban J connectivity index is 0.00000385. The second-order valence-electron chi connectivity index (χ2n) is 7.45. The van der Waals surface area contributed by atoms with Gasteiger partial charge in [-0.05, 0) is 43.5 Å². The van der Waals surface area contributed by atoms with Gasteiger partial charge < -0.3 is 25.4 Å². The minimum atomic E-state index is -0.348. The van der Waals surface area contributed by atoms with Crippen molar-refractivity contribution in [3.05, 3.63) is 72.3 Å². The van der Waals surface area contributed by atoms with Gasteiger partial charge in [-0.3, -0.25) is 4.79 Å². The first-order valence-corrected chi connectivity index (χ1v) is 11.0. The number of benzene rings is 2. The van der Waals surface area contributed by atoms with E-state index in [2.05, 4.69) is 27.5 Å². The Hall–Kier alpha value is -2.59. The minimum Gasteiger partial charge on any atom is -0.489 e. The number of halogens is 1. The third kappa shape index (κ3) is 8.70.